The Balaban J connectivity index is 1.97. The second-order valence-electron chi connectivity index (χ2n) is 5.39. The Morgan fingerprint density at radius 1 is 1.39 bits per heavy atom. The molecule has 1 aromatic carbocycles. The van der Waals surface area contributed by atoms with Crippen molar-refractivity contribution in [2.24, 2.45) is 11.0 Å². The van der Waals surface area contributed by atoms with Crippen LogP contribution in [0.25, 0.3) is 0 Å². The molecule has 0 aliphatic heterocycles. The smallest absolute Gasteiger partial charge is 0.205 e. The minimum absolute atomic E-state index is 0.484. The van der Waals surface area contributed by atoms with E-state index in [1.54, 1.807) is 18.7 Å². The number of hydrogen-bond acceptors (Lipinski definition) is 7. The Bertz CT molecular complexity index is 655. The zero-order valence-electron chi connectivity index (χ0n) is 13.6. The highest BCUT2D eigenvalue weighted by atomic mass is 32.1. The fourth-order valence-electron chi connectivity index (χ4n) is 1.79. The van der Waals surface area contributed by atoms with Crippen molar-refractivity contribution in [1.29, 1.82) is 0 Å². The molecule has 2 rings (SSSR count). The molecule has 0 radical (unpaired) electrons. The number of methoxy groups -OCH3 is 1. The summed E-state index contributed by atoms with van der Waals surface area (Å²) in [5.41, 5.74) is 9.29. The number of aromatic nitrogens is 1. The zero-order valence-corrected chi connectivity index (χ0v) is 14.4. The summed E-state index contributed by atoms with van der Waals surface area (Å²) in [6, 6.07) is 5.70. The molecule has 0 aliphatic rings. The summed E-state index contributed by atoms with van der Waals surface area (Å²) in [5.74, 6) is 2.53. The Morgan fingerprint density at radius 3 is 2.87 bits per heavy atom. The average Bonchev–Trinajstić information content (AvgIpc) is 2.93. The molecule has 0 fully saturated rings. The highest BCUT2D eigenvalue weighted by Gasteiger charge is 2.05. The van der Waals surface area contributed by atoms with Crippen molar-refractivity contribution in [3.63, 3.8) is 0 Å². The van der Waals surface area contributed by atoms with Crippen LogP contribution in [0.3, 0.4) is 0 Å². The molecule has 1 aromatic heterocycles. The predicted octanol–water partition coefficient (Wildman–Crippen LogP) is 3.60. The standard InChI is InChI=1S/C16H22N4O2S/c1-11(2)6-7-22-13-5-4-12(8-14(13)21-3)9-18-20-16-19-15(17)10-23-16/h4-5,8-11H,6-7,17H2,1-3H3,(H,19,20). The molecule has 124 valence electrons. The number of nitrogens with two attached hydrogens (primary N) is 1. The highest BCUT2D eigenvalue weighted by molar-refractivity contribution is 7.14. The largest absolute Gasteiger partial charge is 0.493 e. The van der Waals surface area contributed by atoms with E-state index in [0.29, 0.717) is 29.2 Å². The van der Waals surface area contributed by atoms with E-state index in [9.17, 15) is 0 Å². The predicted molar refractivity (Wildman–Crippen MR) is 95.7 cm³/mol. The van der Waals surface area contributed by atoms with Crippen molar-refractivity contribution in [3.05, 3.63) is 29.1 Å². The lowest BCUT2D eigenvalue weighted by atomic mass is 10.1. The van der Waals surface area contributed by atoms with Gasteiger partial charge in [0.2, 0.25) is 5.13 Å². The van der Waals surface area contributed by atoms with Gasteiger partial charge in [-0.1, -0.05) is 13.8 Å². The third-order valence-electron chi connectivity index (χ3n) is 3.04. The summed E-state index contributed by atoms with van der Waals surface area (Å²) < 4.78 is 11.1. The number of nitrogen functional groups attached to an aromatic ring is 1. The van der Waals surface area contributed by atoms with Gasteiger partial charge in [0.05, 0.1) is 19.9 Å². The summed E-state index contributed by atoms with van der Waals surface area (Å²) in [6.45, 7) is 5.01. The minimum Gasteiger partial charge on any atom is -0.493 e. The second kappa shape index (κ2) is 8.38. The van der Waals surface area contributed by atoms with Crippen LogP contribution in [0.5, 0.6) is 11.5 Å². The first-order valence-corrected chi connectivity index (χ1v) is 8.27. The second-order valence-corrected chi connectivity index (χ2v) is 6.25. The maximum Gasteiger partial charge on any atom is 0.205 e. The van der Waals surface area contributed by atoms with Gasteiger partial charge in [0, 0.05) is 5.38 Å². The van der Waals surface area contributed by atoms with E-state index in [1.165, 1.54) is 11.3 Å². The van der Waals surface area contributed by atoms with Crippen molar-refractivity contribution >= 4 is 28.5 Å². The summed E-state index contributed by atoms with van der Waals surface area (Å²) >= 11 is 1.40. The molecule has 0 saturated heterocycles. The minimum atomic E-state index is 0.484. The van der Waals surface area contributed by atoms with E-state index in [-0.39, 0.29) is 0 Å². The molecule has 0 unspecified atom stereocenters. The van der Waals surface area contributed by atoms with E-state index in [0.717, 1.165) is 17.7 Å². The molecule has 7 heteroatoms. The van der Waals surface area contributed by atoms with Gasteiger partial charge in [-0.2, -0.15) is 5.10 Å². The molecule has 23 heavy (non-hydrogen) atoms. The van der Waals surface area contributed by atoms with Crippen molar-refractivity contribution in [1.82, 2.24) is 4.98 Å². The lowest BCUT2D eigenvalue weighted by Gasteiger charge is -2.12. The SMILES string of the molecule is COc1cc(C=NNc2nc(N)cs2)ccc1OCCC(C)C. The van der Waals surface area contributed by atoms with Gasteiger partial charge in [-0.05, 0) is 36.1 Å². The quantitative estimate of drug-likeness (QED) is 0.569. The summed E-state index contributed by atoms with van der Waals surface area (Å²) in [4.78, 5) is 4.06. The summed E-state index contributed by atoms with van der Waals surface area (Å²) in [6.07, 6.45) is 2.70. The summed E-state index contributed by atoms with van der Waals surface area (Å²) in [5, 5.41) is 6.54. The lowest BCUT2D eigenvalue weighted by Crippen LogP contribution is -2.03. The van der Waals surface area contributed by atoms with Crippen molar-refractivity contribution in [3.8, 4) is 11.5 Å². The van der Waals surface area contributed by atoms with Gasteiger partial charge in [-0.25, -0.2) is 4.98 Å². The fraction of sp³-hybridized carbons (Fsp3) is 0.375. The van der Waals surface area contributed by atoms with Crippen LogP contribution in [0.2, 0.25) is 0 Å². The Labute approximate surface area is 140 Å². The number of ether oxygens (including phenoxy) is 2. The topological polar surface area (TPSA) is 81.8 Å². The molecule has 0 saturated carbocycles. The molecule has 0 spiro atoms. The van der Waals surface area contributed by atoms with Crippen LogP contribution in [0.15, 0.2) is 28.7 Å². The van der Waals surface area contributed by atoms with Crippen LogP contribution in [0.1, 0.15) is 25.8 Å². The van der Waals surface area contributed by atoms with E-state index in [2.05, 4.69) is 29.4 Å². The number of benzene rings is 1. The van der Waals surface area contributed by atoms with E-state index in [4.69, 9.17) is 15.2 Å². The molecule has 0 atom stereocenters. The number of nitrogens with one attached hydrogen (secondary N) is 1. The van der Waals surface area contributed by atoms with E-state index in [1.807, 2.05) is 18.2 Å². The number of nitrogens with zero attached hydrogens (tertiary/aromatic N) is 2. The van der Waals surface area contributed by atoms with Gasteiger partial charge < -0.3 is 15.2 Å². The van der Waals surface area contributed by atoms with Gasteiger partial charge in [0.15, 0.2) is 11.5 Å². The van der Waals surface area contributed by atoms with Crippen LogP contribution in [-0.2, 0) is 0 Å². The normalized spacial score (nSPS) is 11.1. The van der Waals surface area contributed by atoms with Gasteiger partial charge in [0.25, 0.3) is 0 Å². The Kier molecular flexibility index (Phi) is 6.22. The molecule has 1 heterocycles. The van der Waals surface area contributed by atoms with Crippen LogP contribution >= 0.6 is 11.3 Å². The molecule has 6 nitrogen and oxygen atoms in total. The highest BCUT2D eigenvalue weighted by Crippen LogP contribution is 2.28. The first-order chi connectivity index (χ1) is 11.1. The maximum absolute atomic E-state index is 5.76. The van der Waals surface area contributed by atoms with Gasteiger partial charge >= 0.3 is 0 Å². The van der Waals surface area contributed by atoms with Crippen molar-refractivity contribution in [2.45, 2.75) is 20.3 Å². The van der Waals surface area contributed by atoms with Crippen LogP contribution in [0.4, 0.5) is 10.9 Å². The zero-order chi connectivity index (χ0) is 16.7. The number of hydrazone groups is 1. The molecule has 0 aliphatic carbocycles. The molecular formula is C16H22N4O2S. The Morgan fingerprint density at radius 2 is 2.22 bits per heavy atom. The molecular weight excluding hydrogens is 312 g/mol. The monoisotopic (exact) mass is 334 g/mol. The molecule has 3 N–H and O–H groups in total. The van der Waals surface area contributed by atoms with Crippen LogP contribution < -0.4 is 20.6 Å². The molecule has 0 bridgehead atoms. The molecule has 0 amide bonds. The van der Waals surface area contributed by atoms with E-state index < -0.39 is 0 Å². The van der Waals surface area contributed by atoms with Gasteiger partial charge in [-0.3, -0.25) is 5.43 Å². The van der Waals surface area contributed by atoms with Crippen molar-refractivity contribution in [2.75, 3.05) is 24.9 Å². The number of anilines is 2. The Hall–Kier alpha value is -2.28. The third-order valence-corrected chi connectivity index (χ3v) is 3.80. The number of rotatable bonds is 8. The number of thiazole rings is 1. The number of hydrogen-bond donors (Lipinski definition) is 2. The van der Waals surface area contributed by atoms with E-state index >= 15 is 0 Å². The van der Waals surface area contributed by atoms with Gasteiger partial charge in [0.1, 0.15) is 5.82 Å². The fourth-order valence-corrected chi connectivity index (χ4v) is 2.34. The van der Waals surface area contributed by atoms with Crippen LogP contribution in [-0.4, -0.2) is 24.9 Å². The molecule has 2 aromatic rings. The lowest BCUT2D eigenvalue weighted by molar-refractivity contribution is 0.273. The average molecular weight is 334 g/mol. The first-order valence-electron chi connectivity index (χ1n) is 7.39. The van der Waals surface area contributed by atoms with Gasteiger partial charge in [-0.15, -0.1) is 11.3 Å². The maximum atomic E-state index is 5.76. The van der Waals surface area contributed by atoms with Crippen molar-refractivity contribution < 1.29 is 9.47 Å². The first kappa shape index (κ1) is 17.1. The third kappa shape index (κ3) is 5.45. The van der Waals surface area contributed by atoms with Crippen LogP contribution in [0, 0.1) is 5.92 Å². The summed E-state index contributed by atoms with van der Waals surface area (Å²) in [7, 11) is 1.63.